The van der Waals surface area contributed by atoms with E-state index in [1.54, 1.807) is 29.1 Å². The lowest BCUT2D eigenvalue weighted by atomic mass is 9.92. The number of amides is 1. The molecule has 2 N–H and O–H groups in total. The predicted octanol–water partition coefficient (Wildman–Crippen LogP) is 0.763. The van der Waals surface area contributed by atoms with Gasteiger partial charge in [-0.1, -0.05) is 12.8 Å². The highest BCUT2D eigenvalue weighted by molar-refractivity contribution is 5.94. The summed E-state index contributed by atoms with van der Waals surface area (Å²) in [6.07, 6.45) is 6.49. The molecule has 1 aliphatic rings. The van der Waals surface area contributed by atoms with Gasteiger partial charge in [-0.05, 0) is 25.0 Å². The Kier molecular flexibility index (Phi) is 3.16. The second-order valence-corrected chi connectivity index (χ2v) is 4.95. The molecule has 100 valence electrons. The zero-order chi connectivity index (χ0) is 13.2. The van der Waals surface area contributed by atoms with Crippen LogP contribution in [0.3, 0.4) is 0 Å². The molecule has 2 aromatic rings. The Morgan fingerprint density at radius 3 is 3.05 bits per heavy atom. The number of carbonyl (C=O) groups is 1. The minimum atomic E-state index is -0.434. The molecule has 1 saturated carbocycles. The van der Waals surface area contributed by atoms with Gasteiger partial charge in [-0.2, -0.15) is 0 Å². The standard InChI is InChI=1S/C13H16N4O2/c18-11-4-2-1-3-10(11)15-13(19)9-5-6-12-16-14-8-17(12)7-9/h5-8,10-11,18H,1-4H2,(H,15,19). The number of fused-ring (bicyclic) bond motifs is 1. The highest BCUT2D eigenvalue weighted by Crippen LogP contribution is 2.18. The molecule has 2 unspecified atom stereocenters. The fourth-order valence-electron chi connectivity index (χ4n) is 2.49. The van der Waals surface area contributed by atoms with Gasteiger partial charge in [0.15, 0.2) is 5.65 Å². The van der Waals surface area contributed by atoms with Crippen LogP contribution in [0.1, 0.15) is 36.0 Å². The maximum Gasteiger partial charge on any atom is 0.253 e. The van der Waals surface area contributed by atoms with Crippen molar-refractivity contribution in [3.05, 3.63) is 30.2 Å². The smallest absolute Gasteiger partial charge is 0.253 e. The van der Waals surface area contributed by atoms with Crippen LogP contribution in [0.25, 0.3) is 5.65 Å². The molecule has 2 heterocycles. The van der Waals surface area contributed by atoms with Crippen molar-refractivity contribution in [2.45, 2.75) is 37.8 Å². The third kappa shape index (κ3) is 2.44. The number of hydrogen-bond acceptors (Lipinski definition) is 4. The van der Waals surface area contributed by atoms with Crippen LogP contribution in [0.4, 0.5) is 0 Å². The number of nitrogens with one attached hydrogen (secondary N) is 1. The van der Waals surface area contributed by atoms with Gasteiger partial charge < -0.3 is 10.4 Å². The molecule has 6 heteroatoms. The lowest BCUT2D eigenvalue weighted by Gasteiger charge is -2.28. The second kappa shape index (κ2) is 4.97. The van der Waals surface area contributed by atoms with Crippen LogP contribution in [0.15, 0.2) is 24.7 Å². The van der Waals surface area contributed by atoms with E-state index in [1.165, 1.54) is 0 Å². The Balaban J connectivity index is 1.75. The van der Waals surface area contributed by atoms with Gasteiger partial charge in [0.2, 0.25) is 0 Å². The first-order valence-corrected chi connectivity index (χ1v) is 6.52. The van der Waals surface area contributed by atoms with Gasteiger partial charge in [-0.25, -0.2) is 0 Å². The van der Waals surface area contributed by atoms with Gasteiger partial charge in [0, 0.05) is 6.20 Å². The largest absolute Gasteiger partial charge is 0.391 e. The lowest BCUT2D eigenvalue weighted by molar-refractivity contribution is 0.0717. The summed E-state index contributed by atoms with van der Waals surface area (Å²) in [5.74, 6) is -0.165. The lowest BCUT2D eigenvalue weighted by Crippen LogP contribution is -2.45. The molecule has 1 aliphatic carbocycles. The number of carbonyl (C=O) groups excluding carboxylic acids is 1. The van der Waals surface area contributed by atoms with Crippen LogP contribution >= 0.6 is 0 Å². The highest BCUT2D eigenvalue weighted by atomic mass is 16.3. The number of pyridine rings is 1. The first-order valence-electron chi connectivity index (χ1n) is 6.52. The first kappa shape index (κ1) is 12.1. The summed E-state index contributed by atoms with van der Waals surface area (Å²) < 4.78 is 1.70. The van der Waals surface area contributed by atoms with E-state index in [9.17, 15) is 9.90 Å². The molecule has 0 bridgehead atoms. The molecule has 3 rings (SSSR count). The van der Waals surface area contributed by atoms with E-state index in [0.717, 1.165) is 25.7 Å². The Hall–Kier alpha value is -1.95. The number of aromatic nitrogens is 3. The molecule has 2 atom stereocenters. The summed E-state index contributed by atoms with van der Waals surface area (Å²) in [6, 6.07) is 3.33. The van der Waals surface area contributed by atoms with Crippen LogP contribution in [0, 0.1) is 0 Å². The maximum absolute atomic E-state index is 12.1. The molecule has 0 saturated heterocycles. The second-order valence-electron chi connectivity index (χ2n) is 4.95. The Labute approximate surface area is 110 Å². The van der Waals surface area contributed by atoms with Gasteiger partial charge in [-0.3, -0.25) is 9.20 Å². The quantitative estimate of drug-likeness (QED) is 0.835. The van der Waals surface area contributed by atoms with Gasteiger partial charge in [0.25, 0.3) is 5.91 Å². The molecule has 1 fully saturated rings. The summed E-state index contributed by atoms with van der Waals surface area (Å²) in [7, 11) is 0. The average molecular weight is 260 g/mol. The molecule has 2 aromatic heterocycles. The predicted molar refractivity (Wildman–Crippen MR) is 68.7 cm³/mol. The normalized spacial score (nSPS) is 23.4. The number of nitrogens with zero attached hydrogens (tertiary/aromatic N) is 3. The van der Waals surface area contributed by atoms with Gasteiger partial charge in [0.1, 0.15) is 6.33 Å². The van der Waals surface area contributed by atoms with E-state index in [0.29, 0.717) is 11.2 Å². The summed E-state index contributed by atoms with van der Waals surface area (Å²) in [6.45, 7) is 0. The number of aliphatic hydroxyl groups excluding tert-OH is 1. The van der Waals surface area contributed by atoms with E-state index in [-0.39, 0.29) is 11.9 Å². The van der Waals surface area contributed by atoms with Crippen molar-refractivity contribution in [2.24, 2.45) is 0 Å². The van der Waals surface area contributed by atoms with Crippen molar-refractivity contribution in [3.63, 3.8) is 0 Å². The fourth-order valence-corrected chi connectivity index (χ4v) is 2.49. The SMILES string of the molecule is O=C(NC1CCCCC1O)c1ccc2nncn2c1. The highest BCUT2D eigenvalue weighted by Gasteiger charge is 2.24. The first-order chi connectivity index (χ1) is 9.24. The molecule has 1 amide bonds. The van der Waals surface area contributed by atoms with Crippen molar-refractivity contribution in [3.8, 4) is 0 Å². The van der Waals surface area contributed by atoms with E-state index in [4.69, 9.17) is 0 Å². The molecule has 0 aromatic carbocycles. The summed E-state index contributed by atoms with van der Waals surface area (Å²) in [5.41, 5.74) is 1.25. The Bertz CT molecular complexity index is 595. The monoisotopic (exact) mass is 260 g/mol. The van der Waals surface area contributed by atoms with Crippen molar-refractivity contribution in [2.75, 3.05) is 0 Å². The van der Waals surface area contributed by atoms with Crippen LogP contribution in [0.2, 0.25) is 0 Å². The van der Waals surface area contributed by atoms with Crippen molar-refractivity contribution >= 4 is 11.6 Å². The summed E-state index contributed by atoms with van der Waals surface area (Å²) in [4.78, 5) is 12.1. The third-order valence-electron chi connectivity index (χ3n) is 3.60. The van der Waals surface area contributed by atoms with Crippen LogP contribution in [0.5, 0.6) is 0 Å². The minimum Gasteiger partial charge on any atom is -0.391 e. The zero-order valence-corrected chi connectivity index (χ0v) is 10.5. The van der Waals surface area contributed by atoms with E-state index < -0.39 is 6.10 Å². The number of aliphatic hydroxyl groups is 1. The molecule has 0 aliphatic heterocycles. The Morgan fingerprint density at radius 1 is 1.37 bits per heavy atom. The maximum atomic E-state index is 12.1. The third-order valence-corrected chi connectivity index (χ3v) is 3.60. The minimum absolute atomic E-state index is 0.141. The zero-order valence-electron chi connectivity index (χ0n) is 10.5. The average Bonchev–Trinajstić information content (AvgIpc) is 2.88. The topological polar surface area (TPSA) is 79.5 Å². The summed E-state index contributed by atoms with van der Waals surface area (Å²) in [5, 5.41) is 20.4. The molecule has 0 spiro atoms. The number of rotatable bonds is 2. The van der Waals surface area contributed by atoms with E-state index in [1.807, 2.05) is 0 Å². The van der Waals surface area contributed by atoms with Crippen molar-refractivity contribution in [1.29, 1.82) is 0 Å². The van der Waals surface area contributed by atoms with Gasteiger partial charge in [-0.15, -0.1) is 10.2 Å². The summed E-state index contributed by atoms with van der Waals surface area (Å²) >= 11 is 0. The van der Waals surface area contributed by atoms with E-state index >= 15 is 0 Å². The molecular weight excluding hydrogens is 244 g/mol. The molecule has 6 nitrogen and oxygen atoms in total. The fraction of sp³-hybridized carbons (Fsp3) is 0.462. The van der Waals surface area contributed by atoms with Crippen LogP contribution in [-0.2, 0) is 0 Å². The van der Waals surface area contributed by atoms with Crippen LogP contribution in [-0.4, -0.2) is 37.8 Å². The van der Waals surface area contributed by atoms with E-state index in [2.05, 4.69) is 15.5 Å². The molecule has 19 heavy (non-hydrogen) atoms. The number of hydrogen-bond donors (Lipinski definition) is 2. The van der Waals surface area contributed by atoms with Crippen molar-refractivity contribution in [1.82, 2.24) is 19.9 Å². The Morgan fingerprint density at radius 2 is 2.21 bits per heavy atom. The van der Waals surface area contributed by atoms with Gasteiger partial charge in [0.05, 0.1) is 17.7 Å². The molecular formula is C13H16N4O2. The molecule has 0 radical (unpaired) electrons. The van der Waals surface area contributed by atoms with Crippen molar-refractivity contribution < 1.29 is 9.90 Å². The van der Waals surface area contributed by atoms with Gasteiger partial charge >= 0.3 is 0 Å². The van der Waals surface area contributed by atoms with Crippen LogP contribution < -0.4 is 5.32 Å².